The van der Waals surface area contributed by atoms with Crippen LogP contribution in [0, 0.1) is 0 Å². The Kier molecular flexibility index (Phi) is 8.92. The molecule has 0 radical (unpaired) electrons. The van der Waals surface area contributed by atoms with Crippen molar-refractivity contribution >= 4 is 27.8 Å². The molecule has 2 aliphatic heterocycles. The maximum Gasteiger partial charge on any atom is 0.242 e. The van der Waals surface area contributed by atoms with Crippen LogP contribution >= 0.6 is 11.3 Å². The molecule has 0 saturated carbocycles. The molecule has 1 aromatic heterocycles. The van der Waals surface area contributed by atoms with Crippen LogP contribution in [0.5, 0.6) is 0 Å². The van der Waals surface area contributed by atoms with Gasteiger partial charge in [-0.1, -0.05) is 30.3 Å². The maximum absolute atomic E-state index is 13.1. The van der Waals surface area contributed by atoms with Crippen molar-refractivity contribution in [2.75, 3.05) is 59.3 Å². The highest BCUT2D eigenvalue weighted by Gasteiger charge is 2.25. The number of methoxy groups -OCH3 is 1. The van der Waals surface area contributed by atoms with E-state index in [1.165, 1.54) is 16.7 Å². The van der Waals surface area contributed by atoms with Crippen LogP contribution in [0.2, 0.25) is 0 Å². The molecule has 2 N–H and O–H groups in total. The number of likely N-dealkylation sites (N-methyl/N-ethyl adjacent to an activating group) is 1. The molecule has 3 heterocycles. The largest absolute Gasteiger partial charge is 0.385 e. The molecule has 0 bridgehead atoms. The first-order valence-corrected chi connectivity index (χ1v) is 13.2. The molecule has 2 aromatic rings. The molecule has 1 fully saturated rings. The van der Waals surface area contributed by atoms with Gasteiger partial charge in [0.2, 0.25) is 5.91 Å². The lowest BCUT2D eigenvalue weighted by atomic mass is 9.98. The van der Waals surface area contributed by atoms with Gasteiger partial charge in [-0.05, 0) is 81.7 Å². The summed E-state index contributed by atoms with van der Waals surface area (Å²) in [5.41, 5.74) is 3.93. The SMILES string of the molecule is COCCC(NC1CCN(C)CC1)C(=O)Nc1ccc(-c2ccc(C3=CCN(C)CC3)cc2)s1. The molecule has 6 nitrogen and oxygen atoms in total. The van der Waals surface area contributed by atoms with Gasteiger partial charge in [-0.15, -0.1) is 11.3 Å². The van der Waals surface area contributed by atoms with Gasteiger partial charge in [0.15, 0.2) is 0 Å². The molecule has 1 unspecified atom stereocenters. The van der Waals surface area contributed by atoms with E-state index in [1.54, 1.807) is 18.4 Å². The number of nitrogens with zero attached hydrogens (tertiary/aromatic N) is 2. The van der Waals surface area contributed by atoms with E-state index in [-0.39, 0.29) is 11.9 Å². The number of piperidine rings is 1. The number of carbonyl (C=O) groups is 1. The molecule has 0 spiro atoms. The van der Waals surface area contributed by atoms with Crippen LogP contribution in [0.3, 0.4) is 0 Å². The first-order chi connectivity index (χ1) is 16.5. The van der Waals surface area contributed by atoms with Crippen LogP contribution < -0.4 is 10.6 Å². The summed E-state index contributed by atoms with van der Waals surface area (Å²) in [4.78, 5) is 18.9. The Hall–Kier alpha value is -2.03. The average Bonchev–Trinajstić information content (AvgIpc) is 3.32. The number of ether oxygens (including phenoxy) is 1. The van der Waals surface area contributed by atoms with Crippen LogP contribution in [0.15, 0.2) is 42.5 Å². The normalized spacial score (nSPS) is 19.1. The van der Waals surface area contributed by atoms with Crippen molar-refractivity contribution < 1.29 is 9.53 Å². The Morgan fingerprint density at radius 2 is 1.79 bits per heavy atom. The fraction of sp³-hybridized carbons (Fsp3) is 0.519. The molecular formula is C27H38N4O2S. The molecule has 1 saturated heterocycles. The van der Waals surface area contributed by atoms with Crippen LogP contribution in [0.1, 0.15) is 31.2 Å². The van der Waals surface area contributed by atoms with Gasteiger partial charge in [-0.25, -0.2) is 0 Å². The van der Waals surface area contributed by atoms with Gasteiger partial charge < -0.3 is 25.2 Å². The van der Waals surface area contributed by atoms with E-state index in [4.69, 9.17) is 4.74 Å². The maximum atomic E-state index is 13.1. The van der Waals surface area contributed by atoms with E-state index >= 15 is 0 Å². The number of rotatable bonds is 9. The summed E-state index contributed by atoms with van der Waals surface area (Å²) in [6.45, 7) is 4.82. The molecule has 1 aromatic carbocycles. The standard InChI is InChI=1S/C27H38N4O2S/c1-30-15-10-21(11-16-30)20-4-6-22(7-5-20)25-8-9-26(34-25)29-27(32)24(14-19-33-3)28-23-12-17-31(2)18-13-23/h4-10,23-24,28H,11-19H2,1-3H3,(H,29,32). The minimum atomic E-state index is -0.249. The van der Waals surface area contributed by atoms with E-state index in [1.807, 2.05) is 6.07 Å². The lowest BCUT2D eigenvalue weighted by Gasteiger charge is -2.32. The number of amides is 1. The Bertz CT molecular complexity index is 963. The molecule has 1 atom stereocenters. The summed E-state index contributed by atoms with van der Waals surface area (Å²) in [7, 11) is 6.00. The predicted octanol–water partition coefficient (Wildman–Crippen LogP) is 4.16. The van der Waals surface area contributed by atoms with E-state index in [2.05, 4.69) is 70.9 Å². The number of nitrogens with one attached hydrogen (secondary N) is 2. The van der Waals surface area contributed by atoms with Crippen molar-refractivity contribution in [1.29, 1.82) is 0 Å². The molecule has 34 heavy (non-hydrogen) atoms. The third-order valence-electron chi connectivity index (χ3n) is 6.89. The summed E-state index contributed by atoms with van der Waals surface area (Å²) < 4.78 is 5.27. The van der Waals surface area contributed by atoms with Crippen LogP contribution in [0.25, 0.3) is 16.0 Å². The fourth-order valence-electron chi connectivity index (χ4n) is 4.64. The highest BCUT2D eigenvalue weighted by molar-refractivity contribution is 7.19. The molecule has 0 aliphatic carbocycles. The summed E-state index contributed by atoms with van der Waals surface area (Å²) in [6.07, 6.45) is 6.23. The zero-order chi connectivity index (χ0) is 23.9. The van der Waals surface area contributed by atoms with Gasteiger partial charge in [0.1, 0.15) is 0 Å². The van der Waals surface area contributed by atoms with E-state index in [0.29, 0.717) is 19.1 Å². The third-order valence-corrected chi connectivity index (χ3v) is 7.94. The van der Waals surface area contributed by atoms with E-state index in [0.717, 1.165) is 55.3 Å². The Morgan fingerprint density at radius 3 is 2.47 bits per heavy atom. The molecule has 184 valence electrons. The summed E-state index contributed by atoms with van der Waals surface area (Å²) in [6, 6.07) is 13.0. The van der Waals surface area contributed by atoms with E-state index in [9.17, 15) is 4.79 Å². The molecule has 1 amide bonds. The van der Waals surface area contributed by atoms with Gasteiger partial charge in [-0.3, -0.25) is 4.79 Å². The van der Waals surface area contributed by atoms with Crippen molar-refractivity contribution in [3.05, 3.63) is 48.0 Å². The second kappa shape index (κ2) is 12.1. The van der Waals surface area contributed by atoms with E-state index < -0.39 is 0 Å². The number of likely N-dealkylation sites (tertiary alicyclic amines) is 1. The highest BCUT2D eigenvalue weighted by atomic mass is 32.1. The number of benzene rings is 1. The monoisotopic (exact) mass is 482 g/mol. The lowest BCUT2D eigenvalue weighted by Crippen LogP contribution is -2.50. The molecule has 4 rings (SSSR count). The molecule has 2 aliphatic rings. The Morgan fingerprint density at radius 1 is 1.06 bits per heavy atom. The summed E-state index contributed by atoms with van der Waals surface area (Å²) >= 11 is 1.62. The second-order valence-electron chi connectivity index (χ2n) is 9.55. The zero-order valence-corrected chi connectivity index (χ0v) is 21.5. The van der Waals surface area contributed by atoms with Gasteiger partial charge in [0.25, 0.3) is 0 Å². The number of hydrogen-bond donors (Lipinski definition) is 2. The second-order valence-corrected chi connectivity index (χ2v) is 10.6. The zero-order valence-electron chi connectivity index (χ0n) is 20.7. The predicted molar refractivity (Wildman–Crippen MR) is 142 cm³/mol. The average molecular weight is 483 g/mol. The minimum Gasteiger partial charge on any atom is -0.385 e. The third kappa shape index (κ3) is 6.77. The van der Waals surface area contributed by atoms with Gasteiger partial charge in [0, 0.05) is 37.7 Å². The van der Waals surface area contributed by atoms with Crippen molar-refractivity contribution in [2.24, 2.45) is 0 Å². The summed E-state index contributed by atoms with van der Waals surface area (Å²) in [5.74, 6) is 0.0222. The van der Waals surface area contributed by atoms with Crippen molar-refractivity contribution in [3.63, 3.8) is 0 Å². The minimum absolute atomic E-state index is 0.0222. The highest BCUT2D eigenvalue weighted by Crippen LogP contribution is 2.33. The van der Waals surface area contributed by atoms with Crippen LogP contribution in [0.4, 0.5) is 5.00 Å². The smallest absolute Gasteiger partial charge is 0.242 e. The first-order valence-electron chi connectivity index (χ1n) is 12.3. The number of anilines is 1. The van der Waals surface area contributed by atoms with Gasteiger partial charge >= 0.3 is 0 Å². The lowest BCUT2D eigenvalue weighted by molar-refractivity contribution is -0.118. The van der Waals surface area contributed by atoms with Crippen molar-refractivity contribution in [1.82, 2.24) is 15.1 Å². The number of thiophene rings is 1. The van der Waals surface area contributed by atoms with Crippen molar-refractivity contribution in [3.8, 4) is 10.4 Å². The first kappa shape index (κ1) is 25.1. The quantitative estimate of drug-likeness (QED) is 0.562. The number of hydrogen-bond acceptors (Lipinski definition) is 6. The molecule has 7 heteroatoms. The van der Waals surface area contributed by atoms with Crippen molar-refractivity contribution in [2.45, 2.75) is 37.8 Å². The van der Waals surface area contributed by atoms with Gasteiger partial charge in [-0.2, -0.15) is 0 Å². The number of carbonyl (C=O) groups excluding carboxylic acids is 1. The Labute approximate surface area is 208 Å². The summed E-state index contributed by atoms with van der Waals surface area (Å²) in [5, 5.41) is 7.62. The Balaban J connectivity index is 1.37. The molecular weight excluding hydrogens is 444 g/mol. The fourth-order valence-corrected chi connectivity index (χ4v) is 5.55. The topological polar surface area (TPSA) is 56.8 Å². The van der Waals surface area contributed by atoms with Crippen LogP contribution in [-0.2, 0) is 9.53 Å². The van der Waals surface area contributed by atoms with Gasteiger partial charge in [0.05, 0.1) is 11.0 Å². The van der Waals surface area contributed by atoms with Crippen LogP contribution in [-0.4, -0.2) is 81.8 Å².